The first-order valence-electron chi connectivity index (χ1n) is 10.2. The van der Waals surface area contributed by atoms with Crippen molar-refractivity contribution < 1.29 is 9.69 Å². The van der Waals surface area contributed by atoms with Crippen LogP contribution in [0.3, 0.4) is 0 Å². The molecule has 2 aromatic carbocycles. The van der Waals surface area contributed by atoms with E-state index in [0.29, 0.717) is 6.54 Å². The van der Waals surface area contributed by atoms with Gasteiger partial charge in [0.2, 0.25) is 5.91 Å². The van der Waals surface area contributed by atoms with Gasteiger partial charge in [-0.3, -0.25) is 4.79 Å². The van der Waals surface area contributed by atoms with E-state index in [0.717, 1.165) is 19.5 Å². The summed E-state index contributed by atoms with van der Waals surface area (Å²) in [5.41, 5.74) is 5.00. The number of nitrogens with one attached hydrogen (secondary N) is 2. The van der Waals surface area contributed by atoms with Crippen LogP contribution in [0, 0.1) is 5.41 Å². The van der Waals surface area contributed by atoms with Crippen LogP contribution in [-0.2, 0) is 17.8 Å². The third-order valence-electron chi connectivity index (χ3n) is 5.70. The Labute approximate surface area is 169 Å². The van der Waals surface area contributed by atoms with Crippen LogP contribution in [0.1, 0.15) is 43.5 Å². The zero-order chi connectivity index (χ0) is 20.3. The van der Waals surface area contributed by atoms with Crippen LogP contribution in [0.15, 0.2) is 48.5 Å². The molecule has 0 saturated carbocycles. The summed E-state index contributed by atoms with van der Waals surface area (Å²) in [4.78, 5) is 16.1. The summed E-state index contributed by atoms with van der Waals surface area (Å²) in [5, 5.41) is 3.21. The topological polar surface area (TPSA) is 36.8 Å². The highest BCUT2D eigenvalue weighted by molar-refractivity contribution is 5.81. The molecule has 2 N–H and O–H groups in total. The minimum Gasteiger partial charge on any atom is -0.378 e. The molecule has 0 bridgehead atoms. The number of carbonyl (C=O) groups excluding carboxylic acids is 1. The van der Waals surface area contributed by atoms with Crippen molar-refractivity contribution in [1.82, 2.24) is 5.32 Å². The maximum Gasteiger partial charge on any atom is 0.225 e. The predicted octanol–water partition coefficient (Wildman–Crippen LogP) is 2.60. The number of quaternary nitrogens is 1. The van der Waals surface area contributed by atoms with Crippen LogP contribution < -0.4 is 15.1 Å². The molecule has 0 saturated heterocycles. The van der Waals surface area contributed by atoms with Gasteiger partial charge in [-0.05, 0) is 17.7 Å². The third kappa shape index (κ3) is 4.74. The number of benzene rings is 2. The van der Waals surface area contributed by atoms with Gasteiger partial charge in [0, 0.05) is 42.7 Å². The molecule has 4 nitrogen and oxygen atoms in total. The molecule has 0 aromatic heterocycles. The van der Waals surface area contributed by atoms with Crippen molar-refractivity contribution in [2.24, 2.45) is 5.41 Å². The fourth-order valence-corrected chi connectivity index (χ4v) is 3.86. The second-order valence-corrected chi connectivity index (χ2v) is 9.10. The molecule has 2 aromatic rings. The number of amides is 1. The van der Waals surface area contributed by atoms with Crippen LogP contribution in [0.25, 0.3) is 0 Å². The zero-order valence-electron chi connectivity index (χ0n) is 17.9. The Balaban J connectivity index is 1.83. The van der Waals surface area contributed by atoms with E-state index in [4.69, 9.17) is 0 Å². The van der Waals surface area contributed by atoms with Crippen molar-refractivity contribution in [2.75, 3.05) is 32.1 Å². The highest BCUT2D eigenvalue weighted by Crippen LogP contribution is 2.19. The van der Waals surface area contributed by atoms with Gasteiger partial charge in [0.25, 0.3) is 0 Å². The van der Waals surface area contributed by atoms with Gasteiger partial charge in [-0.1, -0.05) is 57.2 Å². The van der Waals surface area contributed by atoms with E-state index >= 15 is 0 Å². The summed E-state index contributed by atoms with van der Waals surface area (Å²) in [6.45, 7) is 8.65. The molecular formula is C24H34N3O+. The fourth-order valence-electron chi connectivity index (χ4n) is 3.86. The lowest BCUT2D eigenvalue weighted by atomic mass is 9.94. The summed E-state index contributed by atoms with van der Waals surface area (Å²) < 4.78 is 0. The number of fused-ring (bicyclic) bond motifs is 1. The molecule has 150 valence electrons. The van der Waals surface area contributed by atoms with Crippen molar-refractivity contribution in [3.05, 3.63) is 65.2 Å². The number of anilines is 1. The second kappa shape index (κ2) is 8.36. The molecule has 0 spiro atoms. The quantitative estimate of drug-likeness (QED) is 0.837. The minimum absolute atomic E-state index is 0.110. The van der Waals surface area contributed by atoms with Crippen LogP contribution in [0.4, 0.5) is 5.69 Å². The van der Waals surface area contributed by atoms with Crippen molar-refractivity contribution >= 4 is 11.6 Å². The Kier molecular flexibility index (Phi) is 6.09. The van der Waals surface area contributed by atoms with Gasteiger partial charge < -0.3 is 15.1 Å². The monoisotopic (exact) mass is 380 g/mol. The average Bonchev–Trinajstić information content (AvgIpc) is 2.67. The van der Waals surface area contributed by atoms with E-state index in [-0.39, 0.29) is 17.4 Å². The van der Waals surface area contributed by atoms with E-state index in [9.17, 15) is 4.79 Å². The number of nitrogens with zero attached hydrogens (tertiary/aromatic N) is 1. The molecular weight excluding hydrogens is 346 g/mol. The van der Waals surface area contributed by atoms with E-state index in [2.05, 4.69) is 72.8 Å². The predicted molar refractivity (Wildman–Crippen MR) is 116 cm³/mol. The molecule has 1 unspecified atom stereocenters. The number of carbonyl (C=O) groups is 1. The summed E-state index contributed by atoms with van der Waals surface area (Å²) in [7, 11) is 4.12. The molecule has 1 aliphatic rings. The summed E-state index contributed by atoms with van der Waals surface area (Å²) in [6.07, 6.45) is 1.09. The first-order chi connectivity index (χ1) is 13.3. The third-order valence-corrected chi connectivity index (χ3v) is 5.70. The Morgan fingerprint density at radius 3 is 2.32 bits per heavy atom. The summed E-state index contributed by atoms with van der Waals surface area (Å²) in [6, 6.07) is 17.8. The maximum atomic E-state index is 12.5. The van der Waals surface area contributed by atoms with Gasteiger partial charge in [0.15, 0.2) is 0 Å². The number of hydrogen-bond donors (Lipinski definition) is 2. The first-order valence-corrected chi connectivity index (χ1v) is 10.2. The molecule has 1 amide bonds. The highest BCUT2D eigenvalue weighted by Gasteiger charge is 2.30. The standard InChI is InChI=1S/C24H33N3O/c1-24(2,3)23(28)25-16-22(19-10-12-21(13-11-19)26(4)5)27-15-14-18-8-6-7-9-20(18)17-27/h6-13,22H,14-17H2,1-5H3,(H,25,28)/p+1/t22-/m0/s1. The average molecular weight is 381 g/mol. The molecule has 3 rings (SSSR count). The van der Waals surface area contributed by atoms with Gasteiger partial charge in [-0.15, -0.1) is 0 Å². The van der Waals surface area contributed by atoms with Crippen LogP contribution in [-0.4, -0.2) is 33.1 Å². The normalized spacial score (nSPS) is 17.5. The van der Waals surface area contributed by atoms with Gasteiger partial charge in [-0.25, -0.2) is 0 Å². The molecule has 1 heterocycles. The highest BCUT2D eigenvalue weighted by atomic mass is 16.2. The Morgan fingerprint density at radius 2 is 1.71 bits per heavy atom. The van der Waals surface area contributed by atoms with Gasteiger partial charge in [-0.2, -0.15) is 0 Å². The SMILES string of the molecule is CN(C)c1ccc([C@H](CNC(=O)C(C)(C)C)[NH+]2CCc3ccccc3C2)cc1. The zero-order valence-corrected chi connectivity index (χ0v) is 17.9. The summed E-state index contributed by atoms with van der Waals surface area (Å²) in [5.74, 6) is 0.110. The first kappa shape index (κ1) is 20.4. The van der Waals surface area contributed by atoms with Crippen molar-refractivity contribution in [3.63, 3.8) is 0 Å². The lowest BCUT2D eigenvalue weighted by molar-refractivity contribution is -0.945. The Morgan fingerprint density at radius 1 is 1.07 bits per heavy atom. The molecule has 28 heavy (non-hydrogen) atoms. The largest absolute Gasteiger partial charge is 0.378 e. The number of hydrogen-bond acceptors (Lipinski definition) is 2. The minimum atomic E-state index is -0.372. The molecule has 4 heteroatoms. The molecule has 0 fully saturated rings. The smallest absolute Gasteiger partial charge is 0.225 e. The lowest BCUT2D eigenvalue weighted by Crippen LogP contribution is -3.12. The van der Waals surface area contributed by atoms with E-state index in [1.165, 1.54) is 27.3 Å². The fraction of sp³-hybridized carbons (Fsp3) is 0.458. The molecule has 1 aliphatic heterocycles. The van der Waals surface area contributed by atoms with Crippen molar-refractivity contribution in [1.29, 1.82) is 0 Å². The molecule has 0 radical (unpaired) electrons. The maximum absolute atomic E-state index is 12.5. The van der Waals surface area contributed by atoms with Crippen LogP contribution in [0.2, 0.25) is 0 Å². The van der Waals surface area contributed by atoms with Crippen LogP contribution in [0.5, 0.6) is 0 Å². The van der Waals surface area contributed by atoms with Gasteiger partial charge in [0.1, 0.15) is 12.6 Å². The van der Waals surface area contributed by atoms with Gasteiger partial charge >= 0.3 is 0 Å². The van der Waals surface area contributed by atoms with Crippen molar-refractivity contribution in [3.8, 4) is 0 Å². The van der Waals surface area contributed by atoms with E-state index in [1.54, 1.807) is 0 Å². The Bertz CT molecular complexity index is 805. The van der Waals surface area contributed by atoms with Crippen molar-refractivity contribution in [2.45, 2.75) is 39.8 Å². The molecule has 0 aliphatic carbocycles. The summed E-state index contributed by atoms with van der Waals surface area (Å²) >= 11 is 0. The molecule has 2 atom stereocenters. The second-order valence-electron chi connectivity index (χ2n) is 9.10. The number of rotatable bonds is 5. The van der Waals surface area contributed by atoms with Gasteiger partial charge in [0.05, 0.1) is 13.1 Å². The van der Waals surface area contributed by atoms with E-state index < -0.39 is 0 Å². The van der Waals surface area contributed by atoms with E-state index in [1.807, 2.05) is 20.8 Å². The lowest BCUT2D eigenvalue weighted by Gasteiger charge is -2.34. The Hall–Kier alpha value is -2.33. The van der Waals surface area contributed by atoms with Crippen LogP contribution >= 0.6 is 0 Å².